The molecule has 0 radical (unpaired) electrons. The van der Waals surface area contributed by atoms with E-state index in [4.69, 9.17) is 19.4 Å². The first kappa shape index (κ1) is 18.6. The number of rotatable bonds is 5. The first-order valence-electron chi connectivity index (χ1n) is 9.67. The fourth-order valence-corrected chi connectivity index (χ4v) is 3.32. The van der Waals surface area contributed by atoms with E-state index in [0.29, 0.717) is 33.8 Å². The van der Waals surface area contributed by atoms with Crippen molar-refractivity contribution in [3.8, 4) is 34.3 Å². The number of methoxy groups -OCH3 is 1. The molecular weight excluding hydrogens is 392 g/mol. The molecule has 7 heteroatoms. The van der Waals surface area contributed by atoms with E-state index in [1.165, 1.54) is 0 Å². The summed E-state index contributed by atoms with van der Waals surface area (Å²) in [6.07, 6.45) is 3.68. The minimum atomic E-state index is -0.469. The van der Waals surface area contributed by atoms with Gasteiger partial charge in [-0.25, -0.2) is 14.8 Å². The molecule has 2 aromatic carbocycles. The van der Waals surface area contributed by atoms with E-state index in [0.717, 1.165) is 17.1 Å². The molecule has 3 aromatic heterocycles. The van der Waals surface area contributed by atoms with Gasteiger partial charge in [0.25, 0.3) is 0 Å². The van der Waals surface area contributed by atoms with Crippen molar-refractivity contribution in [2.24, 2.45) is 0 Å². The Morgan fingerprint density at radius 2 is 1.39 bits per heavy atom. The van der Waals surface area contributed by atoms with Crippen LogP contribution in [0.2, 0.25) is 0 Å². The number of fused-ring (bicyclic) bond motifs is 1. The number of carbonyl (C=O) groups is 1. The second-order valence-corrected chi connectivity index (χ2v) is 6.86. The first-order valence-corrected chi connectivity index (χ1v) is 9.67. The second kappa shape index (κ2) is 7.79. The molecule has 0 saturated carbocycles. The smallest absolute Gasteiger partial charge is 0.343 e. The number of H-pyrrole nitrogens is 2. The standard InChI is InChI=1S/C24H18N4O3/c1-30-16-7-9-17(10-8-16)31-24(29)15-6-11-18-21(14-15)28-23(20-5-3-13-26-20)22(27-18)19-4-2-12-25-19/h2-14,25-26H,1H3. The molecule has 0 fully saturated rings. The van der Waals surface area contributed by atoms with E-state index in [2.05, 4.69) is 9.97 Å². The normalized spacial score (nSPS) is 10.9. The minimum Gasteiger partial charge on any atom is -0.497 e. The largest absolute Gasteiger partial charge is 0.497 e. The monoisotopic (exact) mass is 410 g/mol. The molecule has 0 atom stereocenters. The Bertz CT molecular complexity index is 1340. The highest BCUT2D eigenvalue weighted by molar-refractivity contribution is 5.95. The molecule has 0 aliphatic heterocycles. The predicted molar refractivity (Wildman–Crippen MR) is 117 cm³/mol. The van der Waals surface area contributed by atoms with Crippen LogP contribution in [-0.4, -0.2) is 33.0 Å². The minimum absolute atomic E-state index is 0.391. The number of esters is 1. The number of ether oxygens (including phenoxy) is 2. The molecule has 0 spiro atoms. The lowest BCUT2D eigenvalue weighted by molar-refractivity contribution is 0.0735. The molecule has 3 heterocycles. The van der Waals surface area contributed by atoms with E-state index in [1.54, 1.807) is 49.6 Å². The van der Waals surface area contributed by atoms with Crippen molar-refractivity contribution in [3.05, 3.63) is 84.7 Å². The van der Waals surface area contributed by atoms with Gasteiger partial charge in [-0.1, -0.05) is 0 Å². The molecule has 0 bridgehead atoms. The SMILES string of the molecule is COc1ccc(OC(=O)c2ccc3nc(-c4ccc[nH]4)c(-c4ccc[nH]4)nc3c2)cc1. The highest BCUT2D eigenvalue weighted by Gasteiger charge is 2.16. The third-order valence-electron chi connectivity index (χ3n) is 4.88. The zero-order valence-electron chi connectivity index (χ0n) is 16.6. The molecule has 7 nitrogen and oxygen atoms in total. The van der Waals surface area contributed by atoms with Crippen LogP contribution in [0.3, 0.4) is 0 Å². The highest BCUT2D eigenvalue weighted by atomic mass is 16.5. The van der Waals surface area contributed by atoms with Gasteiger partial charge < -0.3 is 19.4 Å². The second-order valence-electron chi connectivity index (χ2n) is 6.86. The van der Waals surface area contributed by atoms with Crippen LogP contribution in [0.25, 0.3) is 33.8 Å². The maximum absolute atomic E-state index is 12.7. The fraction of sp³-hybridized carbons (Fsp3) is 0.0417. The van der Waals surface area contributed by atoms with Crippen molar-refractivity contribution in [1.29, 1.82) is 0 Å². The van der Waals surface area contributed by atoms with Gasteiger partial charge in [-0.05, 0) is 66.7 Å². The zero-order chi connectivity index (χ0) is 21.2. The van der Waals surface area contributed by atoms with Crippen LogP contribution in [0.5, 0.6) is 11.5 Å². The highest BCUT2D eigenvalue weighted by Crippen LogP contribution is 2.29. The van der Waals surface area contributed by atoms with Crippen molar-refractivity contribution < 1.29 is 14.3 Å². The van der Waals surface area contributed by atoms with Gasteiger partial charge in [0.15, 0.2) is 0 Å². The quantitative estimate of drug-likeness (QED) is 0.319. The van der Waals surface area contributed by atoms with E-state index in [-0.39, 0.29) is 0 Å². The molecule has 31 heavy (non-hydrogen) atoms. The summed E-state index contributed by atoms with van der Waals surface area (Å²) in [5.41, 5.74) is 4.80. The summed E-state index contributed by atoms with van der Waals surface area (Å²) >= 11 is 0. The van der Waals surface area contributed by atoms with Gasteiger partial charge in [-0.15, -0.1) is 0 Å². The maximum Gasteiger partial charge on any atom is 0.343 e. The van der Waals surface area contributed by atoms with Gasteiger partial charge in [0.1, 0.15) is 22.9 Å². The van der Waals surface area contributed by atoms with Crippen molar-refractivity contribution in [3.63, 3.8) is 0 Å². The number of hydrogen-bond acceptors (Lipinski definition) is 5. The lowest BCUT2D eigenvalue weighted by Crippen LogP contribution is -2.08. The third-order valence-corrected chi connectivity index (χ3v) is 4.88. The molecule has 5 aromatic rings. The van der Waals surface area contributed by atoms with Crippen molar-refractivity contribution in [2.75, 3.05) is 7.11 Å². The van der Waals surface area contributed by atoms with Crippen LogP contribution in [0, 0.1) is 0 Å². The number of nitrogens with zero attached hydrogens (tertiary/aromatic N) is 2. The fourth-order valence-electron chi connectivity index (χ4n) is 3.32. The average Bonchev–Trinajstić information content (AvgIpc) is 3.53. The predicted octanol–water partition coefficient (Wildman–Crippen LogP) is 4.85. The van der Waals surface area contributed by atoms with Gasteiger partial charge in [-0.3, -0.25) is 0 Å². The molecule has 2 N–H and O–H groups in total. The number of aromatic amines is 2. The van der Waals surface area contributed by atoms with Gasteiger partial charge in [0.05, 0.1) is 35.1 Å². The summed E-state index contributed by atoms with van der Waals surface area (Å²) in [6.45, 7) is 0. The van der Waals surface area contributed by atoms with E-state index >= 15 is 0 Å². The molecule has 0 amide bonds. The number of benzene rings is 2. The Balaban J connectivity index is 1.53. The molecule has 0 unspecified atom stereocenters. The Kier molecular flexibility index (Phi) is 4.68. The average molecular weight is 410 g/mol. The molecule has 0 aliphatic carbocycles. The Morgan fingerprint density at radius 3 is 1.97 bits per heavy atom. The molecule has 152 valence electrons. The van der Waals surface area contributed by atoms with E-state index in [1.807, 2.05) is 36.7 Å². The van der Waals surface area contributed by atoms with Crippen molar-refractivity contribution in [1.82, 2.24) is 19.9 Å². The first-order chi connectivity index (χ1) is 15.2. The van der Waals surface area contributed by atoms with Crippen LogP contribution in [0.4, 0.5) is 0 Å². The number of aromatic nitrogens is 4. The van der Waals surface area contributed by atoms with Crippen molar-refractivity contribution >= 4 is 17.0 Å². The molecule has 5 rings (SSSR count). The summed E-state index contributed by atoms with van der Waals surface area (Å²) < 4.78 is 10.6. The van der Waals surface area contributed by atoms with Gasteiger partial charge in [0, 0.05) is 12.4 Å². The Labute approximate surface area is 177 Å². The topological polar surface area (TPSA) is 92.9 Å². The molecule has 0 aliphatic rings. The maximum atomic E-state index is 12.7. The molecular formula is C24H18N4O3. The third kappa shape index (κ3) is 3.64. The van der Waals surface area contributed by atoms with Crippen LogP contribution in [-0.2, 0) is 0 Å². The van der Waals surface area contributed by atoms with Gasteiger partial charge in [0.2, 0.25) is 0 Å². The number of carbonyl (C=O) groups excluding carboxylic acids is 1. The summed E-state index contributed by atoms with van der Waals surface area (Å²) in [6, 6.07) is 19.7. The van der Waals surface area contributed by atoms with E-state index < -0.39 is 5.97 Å². The van der Waals surface area contributed by atoms with Crippen LogP contribution in [0.15, 0.2) is 79.1 Å². The van der Waals surface area contributed by atoms with Crippen molar-refractivity contribution in [2.45, 2.75) is 0 Å². The van der Waals surface area contributed by atoms with E-state index in [9.17, 15) is 4.79 Å². The Morgan fingerprint density at radius 1 is 0.774 bits per heavy atom. The van der Waals surface area contributed by atoms with Crippen LogP contribution >= 0.6 is 0 Å². The van der Waals surface area contributed by atoms with Gasteiger partial charge in [-0.2, -0.15) is 0 Å². The zero-order valence-corrected chi connectivity index (χ0v) is 16.6. The Hall–Kier alpha value is -4.39. The lowest BCUT2D eigenvalue weighted by Gasteiger charge is -2.09. The van der Waals surface area contributed by atoms with Crippen LogP contribution in [0.1, 0.15) is 10.4 Å². The number of hydrogen-bond donors (Lipinski definition) is 2. The number of nitrogens with one attached hydrogen (secondary N) is 2. The molecule has 0 saturated heterocycles. The summed E-state index contributed by atoms with van der Waals surface area (Å²) in [5, 5.41) is 0. The van der Waals surface area contributed by atoms with Gasteiger partial charge >= 0.3 is 5.97 Å². The summed E-state index contributed by atoms with van der Waals surface area (Å²) in [4.78, 5) is 28.6. The van der Waals surface area contributed by atoms with Crippen LogP contribution < -0.4 is 9.47 Å². The summed E-state index contributed by atoms with van der Waals surface area (Å²) in [7, 11) is 1.58. The lowest BCUT2D eigenvalue weighted by atomic mass is 10.1. The summed E-state index contributed by atoms with van der Waals surface area (Å²) in [5.74, 6) is 0.658.